The smallest absolute Gasteiger partial charge is 0.177 e. The lowest BCUT2D eigenvalue weighted by Gasteiger charge is -2.20. The maximum atomic E-state index is 5.34. The third-order valence-electron chi connectivity index (χ3n) is 2.95. The molecule has 5 heteroatoms. The molecule has 0 radical (unpaired) electrons. The number of aromatic amines is 1. The largest absolute Gasteiger partial charge is 0.337 e. The molecule has 1 N–H and O–H groups in total. The van der Waals surface area contributed by atoms with Crippen LogP contribution in [-0.2, 0) is 18.5 Å². The van der Waals surface area contributed by atoms with E-state index in [2.05, 4.69) is 35.4 Å². The van der Waals surface area contributed by atoms with Crippen LogP contribution in [0, 0.1) is 11.7 Å². The van der Waals surface area contributed by atoms with Crippen LogP contribution in [0.2, 0.25) is 0 Å². The summed E-state index contributed by atoms with van der Waals surface area (Å²) >= 11 is 5.34. The van der Waals surface area contributed by atoms with Gasteiger partial charge < -0.3 is 9.55 Å². The number of hydrogen-bond donors (Lipinski definition) is 1. The van der Waals surface area contributed by atoms with E-state index in [9.17, 15) is 0 Å². The molecule has 0 bridgehead atoms. The third kappa shape index (κ3) is 2.72. The molecule has 18 heavy (non-hydrogen) atoms. The minimum absolute atomic E-state index is 0.0909. The summed E-state index contributed by atoms with van der Waals surface area (Å²) in [5, 5.41) is 4.30. The highest BCUT2D eigenvalue weighted by Crippen LogP contribution is 2.22. The second kappa shape index (κ2) is 4.72. The predicted molar refractivity (Wildman–Crippen MR) is 75.3 cm³/mol. The molecule has 0 saturated heterocycles. The fourth-order valence-electron chi connectivity index (χ4n) is 2.03. The van der Waals surface area contributed by atoms with E-state index in [1.807, 2.05) is 30.2 Å². The summed E-state index contributed by atoms with van der Waals surface area (Å²) < 4.78 is 4.90. The van der Waals surface area contributed by atoms with Crippen molar-refractivity contribution in [3.8, 4) is 0 Å². The molecule has 0 atom stereocenters. The molecule has 0 spiro atoms. The van der Waals surface area contributed by atoms with E-state index in [0.29, 0.717) is 0 Å². The van der Waals surface area contributed by atoms with Crippen molar-refractivity contribution in [3.05, 3.63) is 34.6 Å². The van der Waals surface area contributed by atoms with Crippen molar-refractivity contribution in [2.45, 2.75) is 46.2 Å². The molecule has 0 amide bonds. The topological polar surface area (TPSA) is 38.5 Å². The summed E-state index contributed by atoms with van der Waals surface area (Å²) in [5.74, 6) is 0. The van der Waals surface area contributed by atoms with Crippen LogP contribution in [0.1, 0.15) is 32.0 Å². The monoisotopic (exact) mass is 264 g/mol. The van der Waals surface area contributed by atoms with Crippen LogP contribution in [-0.4, -0.2) is 19.3 Å². The molecule has 0 aromatic carbocycles. The van der Waals surface area contributed by atoms with E-state index in [-0.39, 0.29) is 5.41 Å². The Balaban J connectivity index is 2.19. The third-order valence-corrected chi connectivity index (χ3v) is 3.29. The number of H-pyrrole nitrogens is 1. The van der Waals surface area contributed by atoms with E-state index >= 15 is 0 Å². The molecule has 2 aromatic rings. The van der Waals surface area contributed by atoms with Gasteiger partial charge in [0.25, 0.3) is 0 Å². The molecule has 2 rings (SSSR count). The zero-order chi connectivity index (χ0) is 13.3. The second-order valence-corrected chi connectivity index (χ2v) is 6.05. The molecule has 2 heterocycles. The molecule has 0 fully saturated rings. The maximum Gasteiger partial charge on any atom is 0.177 e. The Morgan fingerprint density at radius 3 is 2.61 bits per heavy atom. The van der Waals surface area contributed by atoms with Gasteiger partial charge in [-0.15, -0.1) is 0 Å². The van der Waals surface area contributed by atoms with Gasteiger partial charge in [-0.3, -0.25) is 4.68 Å². The number of nitrogens with one attached hydrogen (secondary N) is 1. The Hall–Kier alpha value is -1.36. The summed E-state index contributed by atoms with van der Waals surface area (Å²) in [7, 11) is 0. The average molecular weight is 264 g/mol. The summed E-state index contributed by atoms with van der Waals surface area (Å²) in [5.41, 5.74) is 2.51. The van der Waals surface area contributed by atoms with Crippen LogP contribution >= 0.6 is 12.2 Å². The molecule has 0 aliphatic heterocycles. The van der Waals surface area contributed by atoms with Crippen LogP contribution in [0.4, 0.5) is 0 Å². The normalized spacial score (nSPS) is 12.0. The number of aryl methyl sites for hydroxylation is 2. The van der Waals surface area contributed by atoms with Crippen molar-refractivity contribution in [2.75, 3.05) is 0 Å². The second-order valence-electron chi connectivity index (χ2n) is 5.66. The van der Waals surface area contributed by atoms with Crippen LogP contribution in [0.15, 0.2) is 18.6 Å². The standard InChI is InChI=1S/C13H20N4S/c1-10-7-15-16(9-10)5-6-17-11(13(2,3)4)8-14-12(17)18/h7-9H,5-6H2,1-4H3,(H,14,18). The number of imidazole rings is 1. The lowest BCUT2D eigenvalue weighted by molar-refractivity contribution is 0.472. The van der Waals surface area contributed by atoms with Crippen molar-refractivity contribution in [1.82, 2.24) is 19.3 Å². The Morgan fingerprint density at radius 1 is 1.33 bits per heavy atom. The van der Waals surface area contributed by atoms with Gasteiger partial charge in [-0.25, -0.2) is 0 Å². The van der Waals surface area contributed by atoms with Crippen molar-refractivity contribution in [2.24, 2.45) is 0 Å². The van der Waals surface area contributed by atoms with E-state index in [1.54, 1.807) is 0 Å². The first kappa shape index (κ1) is 13.1. The minimum Gasteiger partial charge on any atom is -0.337 e. The van der Waals surface area contributed by atoms with Gasteiger partial charge in [-0.1, -0.05) is 20.8 Å². The van der Waals surface area contributed by atoms with Crippen LogP contribution in [0.3, 0.4) is 0 Å². The number of hydrogen-bond acceptors (Lipinski definition) is 2. The molecule has 0 aliphatic carbocycles. The molecule has 0 saturated carbocycles. The highest BCUT2D eigenvalue weighted by atomic mass is 32.1. The SMILES string of the molecule is Cc1cnn(CCn2c(C(C)(C)C)c[nH]c2=S)c1. The van der Waals surface area contributed by atoms with E-state index < -0.39 is 0 Å². The zero-order valence-electron chi connectivity index (χ0n) is 11.4. The minimum atomic E-state index is 0.0909. The fraction of sp³-hybridized carbons (Fsp3) is 0.538. The first-order valence-electron chi connectivity index (χ1n) is 6.15. The Labute approximate surface area is 113 Å². The lowest BCUT2D eigenvalue weighted by atomic mass is 9.92. The number of rotatable bonds is 3. The van der Waals surface area contributed by atoms with Gasteiger partial charge in [-0.05, 0) is 24.7 Å². The average Bonchev–Trinajstić information content (AvgIpc) is 2.81. The van der Waals surface area contributed by atoms with Crippen molar-refractivity contribution >= 4 is 12.2 Å². The van der Waals surface area contributed by atoms with Gasteiger partial charge in [-0.2, -0.15) is 5.10 Å². The van der Waals surface area contributed by atoms with E-state index in [4.69, 9.17) is 12.2 Å². The highest BCUT2D eigenvalue weighted by molar-refractivity contribution is 7.71. The molecule has 0 unspecified atom stereocenters. The highest BCUT2D eigenvalue weighted by Gasteiger charge is 2.19. The Morgan fingerprint density at radius 2 is 2.06 bits per heavy atom. The van der Waals surface area contributed by atoms with Crippen molar-refractivity contribution < 1.29 is 0 Å². The Kier molecular flexibility index (Phi) is 3.43. The fourth-order valence-corrected chi connectivity index (χ4v) is 2.28. The summed E-state index contributed by atoms with van der Waals surface area (Å²) in [6.07, 6.45) is 5.94. The van der Waals surface area contributed by atoms with Gasteiger partial charge in [0, 0.05) is 30.0 Å². The zero-order valence-corrected chi connectivity index (χ0v) is 12.2. The molecule has 0 aliphatic rings. The van der Waals surface area contributed by atoms with Crippen LogP contribution < -0.4 is 0 Å². The van der Waals surface area contributed by atoms with E-state index in [0.717, 1.165) is 17.9 Å². The summed E-state index contributed by atoms with van der Waals surface area (Å²) in [6.45, 7) is 10.3. The molecular weight excluding hydrogens is 244 g/mol. The quantitative estimate of drug-likeness (QED) is 0.865. The first-order valence-corrected chi connectivity index (χ1v) is 6.56. The number of nitrogens with zero attached hydrogens (tertiary/aromatic N) is 3. The van der Waals surface area contributed by atoms with E-state index in [1.165, 1.54) is 11.3 Å². The molecular formula is C13H20N4S. The first-order chi connectivity index (χ1) is 8.38. The van der Waals surface area contributed by atoms with Crippen molar-refractivity contribution in [1.29, 1.82) is 0 Å². The van der Waals surface area contributed by atoms with Crippen LogP contribution in [0.25, 0.3) is 0 Å². The Bertz CT molecular complexity index is 583. The lowest BCUT2D eigenvalue weighted by Crippen LogP contribution is -2.19. The summed E-state index contributed by atoms with van der Waals surface area (Å²) in [4.78, 5) is 3.13. The maximum absolute atomic E-state index is 5.34. The predicted octanol–water partition coefficient (Wildman–Crippen LogP) is 3.05. The molecule has 4 nitrogen and oxygen atoms in total. The van der Waals surface area contributed by atoms with Gasteiger partial charge in [0.05, 0.1) is 12.7 Å². The van der Waals surface area contributed by atoms with Gasteiger partial charge in [0.1, 0.15) is 0 Å². The number of aromatic nitrogens is 4. The van der Waals surface area contributed by atoms with Gasteiger partial charge >= 0.3 is 0 Å². The van der Waals surface area contributed by atoms with Gasteiger partial charge in [0.2, 0.25) is 0 Å². The summed E-state index contributed by atoms with van der Waals surface area (Å²) in [6, 6.07) is 0. The molecule has 98 valence electrons. The van der Waals surface area contributed by atoms with Crippen molar-refractivity contribution in [3.63, 3.8) is 0 Å². The molecule has 2 aromatic heterocycles. The van der Waals surface area contributed by atoms with Gasteiger partial charge in [0.15, 0.2) is 4.77 Å². The van der Waals surface area contributed by atoms with Crippen LogP contribution in [0.5, 0.6) is 0 Å².